The molecule has 4 nitrogen and oxygen atoms in total. The van der Waals surface area contributed by atoms with E-state index in [9.17, 15) is 9.18 Å². The molecular weight excluding hydrogens is 257 g/mol. The van der Waals surface area contributed by atoms with Gasteiger partial charge in [-0.15, -0.1) is 0 Å². The fourth-order valence-corrected chi connectivity index (χ4v) is 2.77. The van der Waals surface area contributed by atoms with Crippen LogP contribution in [0, 0.1) is 5.82 Å². The number of anilines is 1. The second-order valence-electron chi connectivity index (χ2n) is 5.93. The predicted octanol–water partition coefficient (Wildman–Crippen LogP) is 1.90. The van der Waals surface area contributed by atoms with Gasteiger partial charge in [0, 0.05) is 31.9 Å². The van der Waals surface area contributed by atoms with E-state index in [1.807, 2.05) is 25.7 Å². The third-order valence-electron chi connectivity index (χ3n) is 3.97. The van der Waals surface area contributed by atoms with Crippen molar-refractivity contribution in [3.63, 3.8) is 0 Å². The lowest BCUT2D eigenvalue weighted by molar-refractivity contribution is -0.136. The standard InChI is InChI=1S/C15H22FN3O/c1-10(17)12-9-11(16)5-6-13(12)19-8-7-18(4)14(20)15(19,2)3/h5-6,9-10H,7-8,17H2,1-4H3/t10-/m0/s1. The lowest BCUT2D eigenvalue weighted by Crippen LogP contribution is -2.62. The molecule has 0 saturated carbocycles. The van der Waals surface area contributed by atoms with Crippen LogP contribution in [0.25, 0.3) is 0 Å². The molecule has 5 heteroatoms. The molecule has 110 valence electrons. The topological polar surface area (TPSA) is 49.6 Å². The second kappa shape index (κ2) is 5.05. The molecule has 0 spiro atoms. The molecule has 0 bridgehead atoms. The molecule has 1 aliphatic heterocycles. The molecule has 0 radical (unpaired) electrons. The number of rotatable bonds is 2. The van der Waals surface area contributed by atoms with Crippen molar-refractivity contribution in [1.29, 1.82) is 0 Å². The summed E-state index contributed by atoms with van der Waals surface area (Å²) < 4.78 is 13.5. The van der Waals surface area contributed by atoms with Crippen LogP contribution in [-0.2, 0) is 4.79 Å². The summed E-state index contributed by atoms with van der Waals surface area (Å²) in [4.78, 5) is 16.1. The van der Waals surface area contributed by atoms with Gasteiger partial charge in [0.15, 0.2) is 0 Å². The molecule has 1 fully saturated rings. The Labute approximate surface area is 119 Å². The average molecular weight is 279 g/mol. The normalized spacial score (nSPS) is 20.2. The molecule has 1 atom stereocenters. The van der Waals surface area contributed by atoms with Gasteiger partial charge in [-0.2, -0.15) is 0 Å². The van der Waals surface area contributed by atoms with Crippen LogP contribution in [0.3, 0.4) is 0 Å². The van der Waals surface area contributed by atoms with Crippen LogP contribution in [-0.4, -0.2) is 36.5 Å². The number of piperazine rings is 1. The highest BCUT2D eigenvalue weighted by atomic mass is 19.1. The highest BCUT2D eigenvalue weighted by Crippen LogP contribution is 2.33. The number of carbonyl (C=O) groups excluding carboxylic acids is 1. The summed E-state index contributed by atoms with van der Waals surface area (Å²) in [6.07, 6.45) is 0. The minimum atomic E-state index is -0.658. The van der Waals surface area contributed by atoms with Crippen LogP contribution in [0.4, 0.5) is 10.1 Å². The number of nitrogens with zero attached hydrogens (tertiary/aromatic N) is 2. The Balaban J connectivity index is 2.48. The van der Waals surface area contributed by atoms with Crippen molar-refractivity contribution in [2.75, 3.05) is 25.0 Å². The molecule has 1 aliphatic rings. The number of amides is 1. The smallest absolute Gasteiger partial charge is 0.247 e. The highest BCUT2D eigenvalue weighted by molar-refractivity contribution is 5.90. The molecule has 0 unspecified atom stereocenters. The first-order valence-corrected chi connectivity index (χ1v) is 6.83. The Hall–Kier alpha value is -1.62. The molecule has 0 aromatic heterocycles. The van der Waals surface area contributed by atoms with E-state index in [2.05, 4.69) is 0 Å². The SMILES string of the molecule is C[C@H](N)c1cc(F)ccc1N1CCN(C)C(=O)C1(C)C. The van der Waals surface area contributed by atoms with Crippen molar-refractivity contribution >= 4 is 11.6 Å². The molecule has 1 heterocycles. The summed E-state index contributed by atoms with van der Waals surface area (Å²) in [6.45, 7) is 6.96. The Kier molecular flexibility index (Phi) is 3.73. The van der Waals surface area contributed by atoms with Gasteiger partial charge in [-0.05, 0) is 44.5 Å². The van der Waals surface area contributed by atoms with Crippen molar-refractivity contribution in [1.82, 2.24) is 4.90 Å². The first-order valence-electron chi connectivity index (χ1n) is 6.83. The van der Waals surface area contributed by atoms with Crippen molar-refractivity contribution in [3.05, 3.63) is 29.6 Å². The van der Waals surface area contributed by atoms with Crippen molar-refractivity contribution in [3.8, 4) is 0 Å². The quantitative estimate of drug-likeness (QED) is 0.899. The molecule has 2 rings (SSSR count). The van der Waals surface area contributed by atoms with Crippen LogP contribution < -0.4 is 10.6 Å². The summed E-state index contributed by atoms with van der Waals surface area (Å²) in [5.74, 6) is -0.247. The van der Waals surface area contributed by atoms with Gasteiger partial charge >= 0.3 is 0 Å². The zero-order valence-corrected chi connectivity index (χ0v) is 12.5. The fourth-order valence-electron chi connectivity index (χ4n) is 2.77. The van der Waals surface area contributed by atoms with Gasteiger partial charge in [-0.25, -0.2) is 4.39 Å². The van der Waals surface area contributed by atoms with Crippen LogP contribution in [0.1, 0.15) is 32.4 Å². The van der Waals surface area contributed by atoms with Crippen molar-refractivity contribution in [2.24, 2.45) is 5.73 Å². The fraction of sp³-hybridized carbons (Fsp3) is 0.533. The third kappa shape index (κ3) is 2.38. The van der Waals surface area contributed by atoms with Gasteiger partial charge in [0.25, 0.3) is 0 Å². The van der Waals surface area contributed by atoms with E-state index in [1.54, 1.807) is 18.0 Å². The van der Waals surface area contributed by atoms with E-state index < -0.39 is 5.54 Å². The van der Waals surface area contributed by atoms with E-state index in [1.165, 1.54) is 12.1 Å². The lowest BCUT2D eigenvalue weighted by Gasteiger charge is -2.47. The van der Waals surface area contributed by atoms with Gasteiger partial charge in [-0.1, -0.05) is 0 Å². The van der Waals surface area contributed by atoms with Crippen LogP contribution in [0.2, 0.25) is 0 Å². The number of benzene rings is 1. The number of carbonyl (C=O) groups is 1. The van der Waals surface area contributed by atoms with E-state index in [-0.39, 0.29) is 17.8 Å². The molecule has 1 saturated heterocycles. The average Bonchev–Trinajstić information content (AvgIpc) is 2.37. The maximum Gasteiger partial charge on any atom is 0.247 e. The van der Waals surface area contributed by atoms with Gasteiger partial charge in [0.05, 0.1) is 0 Å². The maximum atomic E-state index is 13.5. The number of likely N-dealkylation sites (N-methyl/N-ethyl adjacent to an activating group) is 1. The van der Waals surface area contributed by atoms with Crippen LogP contribution in [0.5, 0.6) is 0 Å². The molecule has 2 N–H and O–H groups in total. The summed E-state index contributed by atoms with van der Waals surface area (Å²) in [5, 5.41) is 0. The van der Waals surface area contributed by atoms with E-state index >= 15 is 0 Å². The zero-order valence-electron chi connectivity index (χ0n) is 12.5. The Morgan fingerprint density at radius 1 is 1.35 bits per heavy atom. The second-order valence-corrected chi connectivity index (χ2v) is 5.93. The Morgan fingerprint density at radius 3 is 2.60 bits per heavy atom. The molecule has 1 amide bonds. The van der Waals surface area contributed by atoms with E-state index in [4.69, 9.17) is 5.73 Å². The minimum Gasteiger partial charge on any atom is -0.355 e. The molecular formula is C15H22FN3O. The van der Waals surface area contributed by atoms with Crippen molar-refractivity contribution < 1.29 is 9.18 Å². The Bertz CT molecular complexity index is 528. The maximum absolute atomic E-state index is 13.5. The van der Waals surface area contributed by atoms with Crippen LogP contribution in [0.15, 0.2) is 18.2 Å². The van der Waals surface area contributed by atoms with Gasteiger partial charge < -0.3 is 15.5 Å². The van der Waals surface area contributed by atoms with Gasteiger partial charge in [0.2, 0.25) is 5.91 Å². The predicted molar refractivity (Wildman–Crippen MR) is 78.1 cm³/mol. The van der Waals surface area contributed by atoms with Crippen LogP contribution >= 0.6 is 0 Å². The molecule has 1 aromatic rings. The van der Waals surface area contributed by atoms with E-state index in [0.717, 1.165) is 11.3 Å². The zero-order chi connectivity index (χ0) is 15.1. The lowest BCUT2D eigenvalue weighted by atomic mass is 9.94. The minimum absolute atomic E-state index is 0.0590. The third-order valence-corrected chi connectivity index (χ3v) is 3.97. The highest BCUT2D eigenvalue weighted by Gasteiger charge is 2.41. The summed E-state index contributed by atoms with van der Waals surface area (Å²) in [5.41, 5.74) is 6.87. The Morgan fingerprint density at radius 2 is 2.00 bits per heavy atom. The largest absolute Gasteiger partial charge is 0.355 e. The monoisotopic (exact) mass is 279 g/mol. The molecule has 20 heavy (non-hydrogen) atoms. The van der Waals surface area contributed by atoms with E-state index in [0.29, 0.717) is 13.1 Å². The molecule has 0 aliphatic carbocycles. The summed E-state index contributed by atoms with van der Waals surface area (Å²) in [7, 11) is 1.80. The first kappa shape index (κ1) is 14.8. The number of nitrogens with two attached hydrogens (primary N) is 1. The first-order chi connectivity index (χ1) is 9.25. The van der Waals surface area contributed by atoms with Gasteiger partial charge in [-0.3, -0.25) is 4.79 Å². The summed E-state index contributed by atoms with van der Waals surface area (Å²) in [6, 6.07) is 4.30. The summed E-state index contributed by atoms with van der Waals surface area (Å²) >= 11 is 0. The van der Waals surface area contributed by atoms with Gasteiger partial charge in [0.1, 0.15) is 11.4 Å². The number of halogens is 1. The number of hydrogen-bond acceptors (Lipinski definition) is 3. The van der Waals surface area contributed by atoms with Crippen molar-refractivity contribution in [2.45, 2.75) is 32.4 Å². The molecule has 1 aromatic carbocycles. The number of hydrogen-bond donors (Lipinski definition) is 1.